The molecule has 0 bridgehead atoms. The van der Waals surface area contributed by atoms with Gasteiger partial charge in [0.05, 0.1) is 109 Å². The highest BCUT2D eigenvalue weighted by molar-refractivity contribution is 6.33. The van der Waals surface area contributed by atoms with Crippen LogP contribution in [0.5, 0.6) is 0 Å². The van der Waals surface area contributed by atoms with E-state index in [0.29, 0.717) is 130 Å². The largest absolute Gasteiger partial charge is 0.386 e. The van der Waals surface area contributed by atoms with Crippen LogP contribution in [0.25, 0.3) is 0 Å². The van der Waals surface area contributed by atoms with Gasteiger partial charge in [-0.3, -0.25) is 20.0 Å². The summed E-state index contributed by atoms with van der Waals surface area (Å²) in [6.45, 7) is 31.6. The SMILES string of the molecule is C/C(N)=N/N=C/C(C)=N/N=C(N)N.C/C(N)=N/N=C/C(C)=N\N=C(N)N.CC(=N)CN=C/C(C)=N/N=C(N)N.CC(=N)CN=C/C(C)=N/N=C(N)N.CC(=N)CN=C/C(C)=N\N=C(N)N.CC(=N)CN=C/C(C)=N\N=C(N)N.CC(N)=N/N=C\C(C)=N\N=C(N)N.CC(N)=N/N=C\C(C)=N\N=C(N)N.C\C(N)=N/N=C\C(C)=N\N=C(N)N. The summed E-state index contributed by atoms with van der Waals surface area (Å²) < 4.78 is 0. The predicted molar refractivity (Wildman–Crippen MR) is 496 cm³/mol. The molecule has 0 spiro atoms. The molecule has 50 N–H and O–H groups in total. The van der Waals surface area contributed by atoms with Gasteiger partial charge >= 0.3 is 0 Å². The molecule has 0 aliphatic rings. The Kier molecular flexibility index (Phi) is 81.8. The van der Waals surface area contributed by atoms with E-state index in [1.165, 1.54) is 55.9 Å². The number of nitrogens with two attached hydrogens (primary N) is 23. The van der Waals surface area contributed by atoms with Crippen molar-refractivity contribution < 1.29 is 0 Å². The highest BCUT2D eigenvalue weighted by atomic mass is 15.3. The van der Waals surface area contributed by atoms with Gasteiger partial charge in [0.25, 0.3) is 0 Å². The number of aliphatic imine (C=N–C) groups is 4. The third-order valence-electron chi connectivity index (χ3n) is 7.64. The lowest BCUT2D eigenvalue weighted by Crippen LogP contribution is -2.22. The van der Waals surface area contributed by atoms with Crippen molar-refractivity contribution in [1.29, 1.82) is 21.6 Å². The molecule has 0 unspecified atom stereocenters. The van der Waals surface area contributed by atoms with Gasteiger partial charge in [-0.05, 0) is 125 Å². The minimum atomic E-state index is -0.105. The van der Waals surface area contributed by atoms with Gasteiger partial charge < -0.3 is 154 Å². The van der Waals surface area contributed by atoms with Crippen molar-refractivity contribution in [3.63, 3.8) is 0 Å². The summed E-state index contributed by atoms with van der Waals surface area (Å²) in [6, 6.07) is 0. The first-order valence-electron chi connectivity index (χ1n) is 32.2. The van der Waals surface area contributed by atoms with Crippen molar-refractivity contribution in [2.45, 2.75) is 125 Å². The van der Waals surface area contributed by atoms with E-state index in [-0.39, 0.29) is 53.6 Å². The number of hydrogen-bond acceptors (Lipinski definition) is 36. The smallest absolute Gasteiger partial charge is 0.211 e. The van der Waals surface area contributed by atoms with Gasteiger partial charge in [0.15, 0.2) is 0 Å². The molecule has 59 nitrogen and oxygen atoms in total. The minimum Gasteiger partial charge on any atom is -0.386 e. The molecule has 0 atom stereocenters. The Bertz CT molecular complexity index is 3430. The van der Waals surface area contributed by atoms with Crippen LogP contribution < -0.4 is 132 Å². The summed E-state index contributed by atoms with van der Waals surface area (Å²) in [5.41, 5.74) is 124. The minimum absolute atomic E-state index is 0.0871. The van der Waals surface area contributed by atoms with Crippen LogP contribution in [0.3, 0.4) is 0 Å². The molecule has 117 heavy (non-hydrogen) atoms. The lowest BCUT2D eigenvalue weighted by molar-refractivity contribution is 1.20. The van der Waals surface area contributed by atoms with E-state index in [2.05, 4.69) is 163 Å². The van der Waals surface area contributed by atoms with Crippen LogP contribution in [-0.4, -0.2) is 239 Å². The normalized spacial score (nSPS) is 12.6. The number of nitrogens with zero attached hydrogens (tertiary/aromatic N) is 32. The molecule has 0 amide bonds. The van der Waals surface area contributed by atoms with E-state index in [4.69, 9.17) is 154 Å². The maximum Gasteiger partial charge on any atom is 0.211 e. The molecule has 648 valence electrons. The van der Waals surface area contributed by atoms with Crippen molar-refractivity contribution in [2.75, 3.05) is 26.2 Å². The zero-order chi connectivity index (χ0) is 92.4. The topological polar surface area (TPSA) is 1090 Å². The van der Waals surface area contributed by atoms with Crippen molar-refractivity contribution in [1.82, 2.24) is 0 Å². The maximum absolute atomic E-state index is 7.09. The van der Waals surface area contributed by atoms with E-state index in [0.717, 1.165) is 0 Å². The molecule has 0 aliphatic carbocycles. The fraction of sp³-hybridized carbons (Fsp3) is 0.379. The van der Waals surface area contributed by atoms with Crippen LogP contribution in [0.1, 0.15) is 125 Å². The number of amidine groups is 5. The number of nitrogens with one attached hydrogen (secondary N) is 4. The summed E-state index contributed by atoms with van der Waals surface area (Å²) in [5.74, 6) is 0.958. The van der Waals surface area contributed by atoms with E-state index < -0.39 is 0 Å². The van der Waals surface area contributed by atoms with Crippen LogP contribution in [-0.2, 0) is 0 Å². The quantitative estimate of drug-likeness (QED) is 0.0175. The molecule has 0 aromatic rings. The molecule has 0 fully saturated rings. The van der Waals surface area contributed by atoms with Crippen LogP contribution >= 0.6 is 0 Å². The second-order valence-electron chi connectivity index (χ2n) is 21.3. The van der Waals surface area contributed by atoms with Crippen molar-refractivity contribution >= 4 is 213 Å². The molecule has 59 heteroatoms. The highest BCUT2D eigenvalue weighted by Gasteiger charge is 1.93. The molecule has 0 aliphatic heterocycles. The molecule has 0 saturated heterocycles. The average Bonchev–Trinajstić information content (AvgIpc) is 1.08. The molecule has 0 rings (SSSR count). The van der Waals surface area contributed by atoms with E-state index in [1.54, 1.807) is 125 Å². The van der Waals surface area contributed by atoms with E-state index in [1.807, 2.05) is 0 Å². The summed E-state index contributed by atoms with van der Waals surface area (Å²) >= 11 is 0. The Morgan fingerprint density at radius 3 is 0.350 bits per heavy atom. The first-order valence-corrected chi connectivity index (χ1v) is 32.2. The van der Waals surface area contributed by atoms with E-state index in [9.17, 15) is 0 Å². The van der Waals surface area contributed by atoms with Gasteiger partial charge in [0.2, 0.25) is 53.6 Å². The predicted octanol–water partition coefficient (Wildman–Crippen LogP) is -6.02. The Hall–Kier alpha value is -16.5. The Morgan fingerprint density at radius 1 is 0.162 bits per heavy atom. The second-order valence-corrected chi connectivity index (χ2v) is 21.3. The third kappa shape index (κ3) is 139. The van der Waals surface area contributed by atoms with Crippen molar-refractivity contribution in [3.8, 4) is 0 Å². The first-order chi connectivity index (χ1) is 54.2. The summed E-state index contributed by atoms with van der Waals surface area (Å²) in [7, 11) is 0. The van der Waals surface area contributed by atoms with Gasteiger partial charge in [-0.15, -0.1) is 71.4 Å². The van der Waals surface area contributed by atoms with E-state index >= 15 is 0 Å². The highest BCUT2D eigenvalue weighted by Crippen LogP contribution is 1.86. The van der Waals surface area contributed by atoms with Gasteiger partial charge in [-0.1, -0.05) is 0 Å². The summed E-state index contributed by atoms with van der Waals surface area (Å²) in [6.07, 6.45) is 13.0. The lowest BCUT2D eigenvalue weighted by Gasteiger charge is -1.89. The molecular weight excluding hydrogens is 1520 g/mol. The van der Waals surface area contributed by atoms with Crippen LogP contribution in [0.4, 0.5) is 0 Å². The summed E-state index contributed by atoms with van der Waals surface area (Å²) in [5, 5.41) is 128. The molecule has 0 radical (unpaired) electrons. The average molecular weight is 1650 g/mol. The second kappa shape index (κ2) is 80.5. The van der Waals surface area contributed by atoms with Crippen LogP contribution in [0.15, 0.2) is 163 Å². The van der Waals surface area contributed by atoms with Gasteiger partial charge in [0, 0.05) is 47.7 Å². The Balaban J connectivity index is -0.000000160. The third-order valence-corrected chi connectivity index (χ3v) is 7.64. The Labute approximate surface area is 677 Å². The monoisotopic (exact) mass is 1640 g/mol. The van der Waals surface area contributed by atoms with Gasteiger partial charge in [-0.2, -0.15) is 71.4 Å². The van der Waals surface area contributed by atoms with Gasteiger partial charge in [0.1, 0.15) is 29.2 Å². The van der Waals surface area contributed by atoms with Gasteiger partial charge in [-0.25, -0.2) is 0 Å². The standard InChI is InChI=1S/4C7H14N6.5C6H13N7/c4*1-5(8)3-11-4-6(2)12-13-7(9)10;5*1-4(11-13-6(8)9)3-10-12-5(2)7/h4*4,8H,3H2,1-2H3,(H4,9,10,13);5*3H,1-2H3,(H2,7,12)(H4,8,9,13)/b2*8-5?,11-4?,12-6+;2*8-5?,11-4?,12-6-;10-3+,11-4+;10-3+,11-4-;3*10-3-,11-4+. The number of hydrogen-bond donors (Lipinski definition) is 27. The maximum atomic E-state index is 7.09. The fourth-order valence-corrected chi connectivity index (χ4v) is 3.74. The zero-order valence-corrected chi connectivity index (χ0v) is 69.1. The summed E-state index contributed by atoms with van der Waals surface area (Å²) in [4.78, 5) is 15.7. The number of rotatable bonds is 31. The molecule has 0 heterocycles. The molecular formula is C58H121N59. The zero-order valence-electron chi connectivity index (χ0n) is 69.1. The molecule has 0 aromatic carbocycles. The molecule has 0 saturated carbocycles. The van der Waals surface area contributed by atoms with Crippen LogP contribution in [0.2, 0.25) is 0 Å². The lowest BCUT2D eigenvalue weighted by atomic mass is 10.4. The number of guanidine groups is 9. The van der Waals surface area contributed by atoms with Crippen LogP contribution in [0, 0.1) is 21.6 Å². The van der Waals surface area contributed by atoms with Crippen molar-refractivity contribution in [2.24, 2.45) is 295 Å². The fourth-order valence-electron chi connectivity index (χ4n) is 3.74. The van der Waals surface area contributed by atoms with Crippen molar-refractivity contribution in [3.05, 3.63) is 0 Å². The Morgan fingerprint density at radius 2 is 0.265 bits per heavy atom. The first kappa shape index (κ1) is 119. The molecule has 0 aromatic heterocycles.